The van der Waals surface area contributed by atoms with Crippen LogP contribution in [0.25, 0.3) is 0 Å². The maximum Gasteiger partial charge on any atom is 0.255 e. The van der Waals surface area contributed by atoms with E-state index in [4.69, 9.17) is 17.3 Å². The number of nitrogens with zero attached hydrogens (tertiary/aromatic N) is 2. The lowest BCUT2D eigenvalue weighted by atomic mass is 10.1. The standard InChI is InChI=1S/C18H19ClFN3O/c19-17-11-15(21)5-6-16(17)18(24)23-9-7-22(8-10-23)12-13-1-3-14(20)4-2-13/h1-6,11H,7-10,12,21H2. The zero-order chi connectivity index (χ0) is 17.1. The van der Waals surface area contributed by atoms with Crippen LogP contribution in [0.1, 0.15) is 15.9 Å². The summed E-state index contributed by atoms with van der Waals surface area (Å²) in [6.45, 7) is 3.58. The van der Waals surface area contributed by atoms with Gasteiger partial charge in [-0.1, -0.05) is 23.7 Å². The zero-order valence-corrected chi connectivity index (χ0v) is 14.0. The molecule has 0 radical (unpaired) electrons. The highest BCUT2D eigenvalue weighted by molar-refractivity contribution is 6.34. The van der Waals surface area contributed by atoms with Gasteiger partial charge in [0.25, 0.3) is 5.91 Å². The number of nitrogens with two attached hydrogens (primary N) is 1. The van der Waals surface area contributed by atoms with Crippen molar-refractivity contribution in [2.45, 2.75) is 6.54 Å². The Bertz CT molecular complexity index is 728. The van der Waals surface area contributed by atoms with Gasteiger partial charge in [0.2, 0.25) is 0 Å². The summed E-state index contributed by atoms with van der Waals surface area (Å²) in [4.78, 5) is 16.6. The molecule has 2 aromatic carbocycles. The van der Waals surface area contributed by atoms with E-state index in [9.17, 15) is 9.18 Å². The summed E-state index contributed by atoms with van der Waals surface area (Å²) < 4.78 is 12.9. The molecule has 24 heavy (non-hydrogen) atoms. The Hall–Kier alpha value is -2.11. The third-order valence-corrected chi connectivity index (χ3v) is 4.52. The first-order valence-corrected chi connectivity index (χ1v) is 8.22. The number of carbonyl (C=O) groups excluding carboxylic acids is 1. The van der Waals surface area contributed by atoms with Gasteiger partial charge < -0.3 is 10.6 Å². The molecule has 4 nitrogen and oxygen atoms in total. The molecule has 2 aromatic rings. The SMILES string of the molecule is Nc1ccc(C(=O)N2CCN(Cc3ccc(F)cc3)CC2)c(Cl)c1. The Morgan fingerprint density at radius 1 is 1.08 bits per heavy atom. The minimum atomic E-state index is -0.227. The lowest BCUT2D eigenvalue weighted by Gasteiger charge is -2.35. The second kappa shape index (κ2) is 7.20. The lowest BCUT2D eigenvalue weighted by Crippen LogP contribution is -2.48. The molecule has 0 aliphatic carbocycles. The van der Waals surface area contributed by atoms with Crippen molar-refractivity contribution in [1.82, 2.24) is 9.80 Å². The summed E-state index contributed by atoms with van der Waals surface area (Å²) in [6, 6.07) is 11.5. The van der Waals surface area contributed by atoms with Crippen LogP contribution in [0.2, 0.25) is 5.02 Å². The largest absolute Gasteiger partial charge is 0.399 e. The van der Waals surface area contributed by atoms with Gasteiger partial charge in [0.05, 0.1) is 10.6 Å². The molecule has 1 aliphatic rings. The fraction of sp³-hybridized carbons (Fsp3) is 0.278. The number of benzene rings is 2. The highest BCUT2D eigenvalue weighted by atomic mass is 35.5. The van der Waals surface area contributed by atoms with Crippen LogP contribution in [0.15, 0.2) is 42.5 Å². The van der Waals surface area contributed by atoms with Crippen molar-refractivity contribution in [2.75, 3.05) is 31.9 Å². The van der Waals surface area contributed by atoms with Crippen LogP contribution in [0.4, 0.5) is 10.1 Å². The molecule has 1 aliphatic heterocycles. The van der Waals surface area contributed by atoms with Crippen LogP contribution >= 0.6 is 11.6 Å². The summed E-state index contributed by atoms with van der Waals surface area (Å²) in [5.74, 6) is -0.295. The number of amides is 1. The molecule has 0 unspecified atom stereocenters. The summed E-state index contributed by atoms with van der Waals surface area (Å²) in [5, 5.41) is 0.383. The van der Waals surface area contributed by atoms with Crippen LogP contribution in [-0.2, 0) is 6.54 Å². The Labute approximate surface area is 145 Å². The third-order valence-electron chi connectivity index (χ3n) is 4.20. The normalized spacial score (nSPS) is 15.5. The van der Waals surface area contributed by atoms with E-state index >= 15 is 0 Å². The van der Waals surface area contributed by atoms with Gasteiger partial charge in [-0.3, -0.25) is 9.69 Å². The molecule has 126 valence electrons. The Balaban J connectivity index is 1.58. The van der Waals surface area contributed by atoms with E-state index in [2.05, 4.69) is 4.90 Å². The van der Waals surface area contributed by atoms with E-state index < -0.39 is 0 Å². The molecule has 1 heterocycles. The number of hydrogen-bond donors (Lipinski definition) is 1. The molecule has 0 atom stereocenters. The molecule has 3 rings (SSSR count). The van der Waals surface area contributed by atoms with Crippen molar-refractivity contribution in [2.24, 2.45) is 0 Å². The average molecular weight is 348 g/mol. The summed E-state index contributed by atoms with van der Waals surface area (Å²) in [5.41, 5.74) is 7.76. The molecular weight excluding hydrogens is 329 g/mol. The number of halogens is 2. The second-order valence-corrected chi connectivity index (χ2v) is 6.34. The minimum absolute atomic E-state index is 0.0681. The number of hydrogen-bond acceptors (Lipinski definition) is 3. The lowest BCUT2D eigenvalue weighted by molar-refractivity contribution is 0.0628. The fourth-order valence-electron chi connectivity index (χ4n) is 2.83. The van der Waals surface area contributed by atoms with Gasteiger partial charge in [-0.05, 0) is 35.9 Å². The first-order valence-electron chi connectivity index (χ1n) is 7.84. The average Bonchev–Trinajstić information content (AvgIpc) is 2.57. The van der Waals surface area contributed by atoms with Gasteiger partial charge in [-0.25, -0.2) is 4.39 Å². The van der Waals surface area contributed by atoms with Gasteiger partial charge in [0.15, 0.2) is 0 Å². The summed E-state index contributed by atoms with van der Waals surface area (Å²) in [6.07, 6.45) is 0. The monoisotopic (exact) mass is 347 g/mol. The predicted octanol–water partition coefficient (Wildman–Crippen LogP) is 3.02. The van der Waals surface area contributed by atoms with E-state index in [0.717, 1.165) is 25.2 Å². The van der Waals surface area contributed by atoms with Crippen LogP contribution in [-0.4, -0.2) is 41.9 Å². The number of piperazine rings is 1. The van der Waals surface area contributed by atoms with Gasteiger partial charge in [-0.15, -0.1) is 0 Å². The van der Waals surface area contributed by atoms with Crippen molar-refractivity contribution in [3.63, 3.8) is 0 Å². The maximum atomic E-state index is 12.9. The Morgan fingerprint density at radius 3 is 2.38 bits per heavy atom. The third kappa shape index (κ3) is 3.86. The quantitative estimate of drug-likeness (QED) is 0.868. The number of anilines is 1. The Morgan fingerprint density at radius 2 is 1.75 bits per heavy atom. The first-order chi connectivity index (χ1) is 11.5. The van der Waals surface area contributed by atoms with E-state index in [1.165, 1.54) is 12.1 Å². The smallest absolute Gasteiger partial charge is 0.255 e. The van der Waals surface area contributed by atoms with Gasteiger partial charge in [0, 0.05) is 38.4 Å². The number of rotatable bonds is 3. The van der Waals surface area contributed by atoms with Crippen LogP contribution in [0, 0.1) is 5.82 Å². The molecule has 6 heteroatoms. The van der Waals surface area contributed by atoms with E-state index in [-0.39, 0.29) is 11.7 Å². The van der Waals surface area contributed by atoms with Crippen LogP contribution < -0.4 is 5.73 Å². The van der Waals surface area contributed by atoms with Gasteiger partial charge in [0.1, 0.15) is 5.82 Å². The molecule has 0 bridgehead atoms. The molecule has 1 fully saturated rings. The molecule has 0 aromatic heterocycles. The predicted molar refractivity (Wildman–Crippen MR) is 93.4 cm³/mol. The molecule has 2 N–H and O–H groups in total. The van der Waals surface area contributed by atoms with Crippen LogP contribution in [0.5, 0.6) is 0 Å². The van der Waals surface area contributed by atoms with Crippen molar-refractivity contribution < 1.29 is 9.18 Å². The highest BCUT2D eigenvalue weighted by Gasteiger charge is 2.23. The van der Waals surface area contributed by atoms with E-state index in [0.29, 0.717) is 29.4 Å². The van der Waals surface area contributed by atoms with Gasteiger partial charge in [-0.2, -0.15) is 0 Å². The molecule has 1 amide bonds. The fourth-order valence-corrected chi connectivity index (χ4v) is 3.10. The number of carbonyl (C=O) groups is 1. The Kier molecular flexibility index (Phi) is 5.02. The van der Waals surface area contributed by atoms with E-state index in [1.54, 1.807) is 35.2 Å². The summed E-state index contributed by atoms with van der Waals surface area (Å²) in [7, 11) is 0. The second-order valence-electron chi connectivity index (χ2n) is 5.93. The molecular formula is C18H19ClFN3O. The molecule has 0 saturated carbocycles. The van der Waals surface area contributed by atoms with Crippen molar-refractivity contribution in [3.05, 3.63) is 64.4 Å². The maximum absolute atomic E-state index is 12.9. The molecule has 1 saturated heterocycles. The van der Waals surface area contributed by atoms with Gasteiger partial charge >= 0.3 is 0 Å². The van der Waals surface area contributed by atoms with Crippen LogP contribution in [0.3, 0.4) is 0 Å². The minimum Gasteiger partial charge on any atom is -0.399 e. The number of nitrogen functional groups attached to an aromatic ring is 1. The zero-order valence-electron chi connectivity index (χ0n) is 13.2. The summed E-state index contributed by atoms with van der Waals surface area (Å²) >= 11 is 6.12. The highest BCUT2D eigenvalue weighted by Crippen LogP contribution is 2.21. The first kappa shape index (κ1) is 16.7. The molecule has 0 spiro atoms. The van der Waals surface area contributed by atoms with Crippen molar-refractivity contribution in [3.8, 4) is 0 Å². The van der Waals surface area contributed by atoms with E-state index in [1.807, 2.05) is 0 Å². The van der Waals surface area contributed by atoms with Crippen molar-refractivity contribution in [1.29, 1.82) is 0 Å². The topological polar surface area (TPSA) is 49.6 Å². The van der Waals surface area contributed by atoms with Crippen molar-refractivity contribution >= 4 is 23.2 Å².